The van der Waals surface area contributed by atoms with Crippen molar-refractivity contribution in [3.05, 3.63) is 23.8 Å². The van der Waals surface area contributed by atoms with Crippen molar-refractivity contribution in [1.82, 2.24) is 4.31 Å². The summed E-state index contributed by atoms with van der Waals surface area (Å²) in [4.78, 5) is 13.4. The molecule has 0 aromatic heterocycles. The van der Waals surface area contributed by atoms with Crippen LogP contribution in [-0.2, 0) is 14.8 Å². The van der Waals surface area contributed by atoms with Gasteiger partial charge in [-0.1, -0.05) is 6.07 Å². The van der Waals surface area contributed by atoms with Crippen molar-refractivity contribution in [2.45, 2.75) is 25.2 Å². The van der Waals surface area contributed by atoms with E-state index in [1.54, 1.807) is 25.1 Å². The smallest absolute Gasteiger partial charge is 0.310 e. The third kappa shape index (κ3) is 2.83. The Bertz CT molecular complexity index is 699. The number of aryl methyl sites for hydroxylation is 1. The van der Waals surface area contributed by atoms with Crippen molar-refractivity contribution in [3.63, 3.8) is 0 Å². The highest BCUT2D eigenvalue weighted by atomic mass is 32.2. The topological polar surface area (TPSA) is 77.9 Å². The Morgan fingerprint density at radius 1 is 1.36 bits per heavy atom. The Hall–Kier alpha value is -1.60. The van der Waals surface area contributed by atoms with Crippen molar-refractivity contribution in [3.8, 4) is 0 Å². The molecule has 0 aliphatic carbocycles. The molecule has 1 N–H and O–H groups in total. The van der Waals surface area contributed by atoms with Gasteiger partial charge in [-0.15, -0.1) is 0 Å². The summed E-state index contributed by atoms with van der Waals surface area (Å²) < 4.78 is 26.8. The summed E-state index contributed by atoms with van der Waals surface area (Å²) in [7, 11) is 0.0417. The molecule has 0 saturated carbocycles. The molecule has 1 aromatic carbocycles. The molecule has 0 amide bonds. The van der Waals surface area contributed by atoms with Gasteiger partial charge < -0.3 is 10.0 Å². The van der Waals surface area contributed by atoms with Gasteiger partial charge in [0.05, 0.1) is 10.3 Å². The summed E-state index contributed by atoms with van der Waals surface area (Å²) in [6, 6.07) is 4.99. The van der Waals surface area contributed by atoms with Crippen molar-refractivity contribution >= 4 is 21.7 Å². The molecule has 1 fully saturated rings. The van der Waals surface area contributed by atoms with E-state index >= 15 is 0 Å². The lowest BCUT2D eigenvalue weighted by Gasteiger charge is -2.22. The molecule has 1 unspecified atom stereocenters. The summed E-state index contributed by atoms with van der Waals surface area (Å²) >= 11 is 0. The number of rotatable bonds is 4. The molecule has 7 heteroatoms. The maximum atomic E-state index is 12.7. The second-order valence-electron chi connectivity index (χ2n) is 6.30. The summed E-state index contributed by atoms with van der Waals surface area (Å²) in [5, 5.41) is 9.25. The molecule has 0 radical (unpaired) electrons. The first-order chi connectivity index (χ1) is 10.1. The standard InChI is InChI=1S/C15H22N2O4S/c1-11-5-6-12(9-13(11)16(3)4)22(20,21)17-8-7-15(2,10-17)14(18)19/h5-6,9H,7-8,10H2,1-4H3,(H,18,19). The van der Waals surface area contributed by atoms with Crippen molar-refractivity contribution in [1.29, 1.82) is 0 Å². The number of hydrogen-bond acceptors (Lipinski definition) is 4. The number of hydrogen-bond donors (Lipinski definition) is 1. The molecule has 1 aliphatic rings. The molecule has 122 valence electrons. The van der Waals surface area contributed by atoms with Crippen LogP contribution < -0.4 is 4.90 Å². The normalized spacial score (nSPS) is 22.7. The highest BCUT2D eigenvalue weighted by molar-refractivity contribution is 7.89. The Kier molecular flexibility index (Phi) is 4.23. The fourth-order valence-corrected chi connectivity index (χ4v) is 4.26. The molecular weight excluding hydrogens is 304 g/mol. The van der Waals surface area contributed by atoms with E-state index in [0.717, 1.165) is 11.3 Å². The first-order valence-electron chi connectivity index (χ1n) is 7.09. The van der Waals surface area contributed by atoms with Crippen LogP contribution in [0.25, 0.3) is 0 Å². The first kappa shape index (κ1) is 16.8. The number of aliphatic carboxylic acids is 1. The first-order valence-corrected chi connectivity index (χ1v) is 8.53. The third-order valence-electron chi connectivity index (χ3n) is 4.25. The molecule has 0 bridgehead atoms. The van der Waals surface area contributed by atoms with Crippen molar-refractivity contribution < 1.29 is 18.3 Å². The number of carboxylic acids is 1. The van der Waals surface area contributed by atoms with Gasteiger partial charge in [0.2, 0.25) is 10.0 Å². The molecule has 0 spiro atoms. The number of sulfonamides is 1. The zero-order chi connectivity index (χ0) is 16.7. The number of carbonyl (C=O) groups is 1. The minimum atomic E-state index is -3.67. The summed E-state index contributed by atoms with van der Waals surface area (Å²) in [5.41, 5.74) is 0.810. The molecule has 1 saturated heterocycles. The van der Waals surface area contributed by atoms with E-state index in [9.17, 15) is 18.3 Å². The molecule has 1 aromatic rings. The van der Waals surface area contributed by atoms with E-state index in [-0.39, 0.29) is 18.0 Å². The minimum Gasteiger partial charge on any atom is -0.481 e. The van der Waals surface area contributed by atoms with Crippen molar-refractivity contribution in [2.75, 3.05) is 32.1 Å². The molecule has 1 heterocycles. The number of anilines is 1. The fourth-order valence-electron chi connectivity index (χ4n) is 2.68. The predicted molar refractivity (Wildman–Crippen MR) is 84.6 cm³/mol. The van der Waals surface area contributed by atoms with Gasteiger partial charge in [-0.2, -0.15) is 4.31 Å². The summed E-state index contributed by atoms with van der Waals surface area (Å²) in [6.45, 7) is 3.75. The second-order valence-corrected chi connectivity index (χ2v) is 8.24. The van der Waals surface area contributed by atoms with E-state index in [2.05, 4.69) is 0 Å². The van der Waals surface area contributed by atoms with Gasteiger partial charge in [-0.3, -0.25) is 4.79 Å². The van der Waals surface area contributed by atoms with Crippen LogP contribution in [0, 0.1) is 12.3 Å². The average Bonchev–Trinajstić information content (AvgIpc) is 2.83. The lowest BCUT2D eigenvalue weighted by Crippen LogP contribution is -2.35. The Morgan fingerprint density at radius 2 is 2.00 bits per heavy atom. The monoisotopic (exact) mass is 326 g/mol. The predicted octanol–water partition coefficient (Wildman–Crippen LogP) is 1.55. The maximum Gasteiger partial charge on any atom is 0.310 e. The van der Waals surface area contributed by atoms with Crippen LogP contribution in [-0.4, -0.2) is 51.0 Å². The molecule has 22 heavy (non-hydrogen) atoms. The molecular formula is C15H22N2O4S. The lowest BCUT2D eigenvalue weighted by molar-refractivity contribution is -0.146. The van der Waals surface area contributed by atoms with Crippen LogP contribution in [0.5, 0.6) is 0 Å². The average molecular weight is 326 g/mol. The zero-order valence-electron chi connectivity index (χ0n) is 13.3. The van der Waals surface area contributed by atoms with Gasteiger partial charge in [0, 0.05) is 32.9 Å². The van der Waals surface area contributed by atoms with Gasteiger partial charge in [-0.25, -0.2) is 8.42 Å². The lowest BCUT2D eigenvalue weighted by atomic mass is 9.90. The second kappa shape index (κ2) is 5.55. The van der Waals surface area contributed by atoms with E-state index in [1.165, 1.54) is 4.31 Å². The maximum absolute atomic E-state index is 12.7. The van der Waals surface area contributed by atoms with Crippen LogP contribution in [0.1, 0.15) is 18.9 Å². The minimum absolute atomic E-state index is 0.00976. The molecule has 2 rings (SSSR count). The molecule has 1 atom stereocenters. The number of nitrogens with zero attached hydrogens (tertiary/aromatic N) is 2. The van der Waals surface area contributed by atoms with Gasteiger partial charge in [0.15, 0.2) is 0 Å². The van der Waals surface area contributed by atoms with Gasteiger partial charge in [-0.05, 0) is 38.0 Å². The molecule has 6 nitrogen and oxygen atoms in total. The zero-order valence-corrected chi connectivity index (χ0v) is 14.1. The van der Waals surface area contributed by atoms with Crippen LogP contribution in [0.4, 0.5) is 5.69 Å². The van der Waals surface area contributed by atoms with Gasteiger partial charge >= 0.3 is 5.97 Å². The Labute approximate surface area is 131 Å². The van der Waals surface area contributed by atoms with E-state index in [0.29, 0.717) is 6.42 Å². The molecule has 1 aliphatic heterocycles. The quantitative estimate of drug-likeness (QED) is 0.908. The van der Waals surface area contributed by atoms with Gasteiger partial charge in [0.1, 0.15) is 0 Å². The van der Waals surface area contributed by atoms with E-state index in [4.69, 9.17) is 0 Å². The van der Waals surface area contributed by atoms with Crippen molar-refractivity contribution in [2.24, 2.45) is 5.41 Å². The Balaban J connectivity index is 2.36. The third-order valence-corrected chi connectivity index (χ3v) is 6.10. The highest BCUT2D eigenvalue weighted by Crippen LogP contribution is 2.34. The number of carboxylic acid groups (broad SMARTS) is 1. The number of benzene rings is 1. The SMILES string of the molecule is Cc1ccc(S(=O)(=O)N2CCC(C)(C(=O)O)C2)cc1N(C)C. The van der Waals surface area contributed by atoms with E-state index < -0.39 is 21.4 Å². The van der Waals surface area contributed by atoms with Crippen LogP contribution >= 0.6 is 0 Å². The van der Waals surface area contributed by atoms with Gasteiger partial charge in [0.25, 0.3) is 0 Å². The van der Waals surface area contributed by atoms with Crippen LogP contribution in [0.2, 0.25) is 0 Å². The summed E-state index contributed by atoms with van der Waals surface area (Å²) in [5.74, 6) is -0.955. The summed E-state index contributed by atoms with van der Waals surface area (Å²) in [6.07, 6.45) is 0.327. The van der Waals surface area contributed by atoms with Crippen LogP contribution in [0.3, 0.4) is 0 Å². The highest BCUT2D eigenvalue weighted by Gasteiger charge is 2.44. The Morgan fingerprint density at radius 3 is 2.50 bits per heavy atom. The van der Waals surface area contributed by atoms with Crippen LogP contribution in [0.15, 0.2) is 23.1 Å². The van der Waals surface area contributed by atoms with E-state index in [1.807, 2.05) is 25.9 Å². The largest absolute Gasteiger partial charge is 0.481 e. The fraction of sp³-hybridized carbons (Fsp3) is 0.533.